The minimum Gasteiger partial charge on any atom is -0.427 e. The van der Waals surface area contributed by atoms with Crippen LogP contribution < -0.4 is 4.74 Å². The third-order valence-electron chi connectivity index (χ3n) is 1.98. The standard InChI is InChI=1S/C12H14O3/c1-2-10(13)8-9-12(14)15-11-6-4-3-5-7-11/h3-7H,2,8-9H2,1H3. The van der Waals surface area contributed by atoms with Crippen LogP contribution in [0.5, 0.6) is 5.75 Å². The number of Topliss-reactive ketones (excluding diaryl/α,β-unsaturated/α-hetero) is 1. The maximum atomic E-state index is 11.3. The molecule has 0 spiro atoms. The normalized spacial score (nSPS) is 9.67. The number of carbonyl (C=O) groups is 2. The lowest BCUT2D eigenvalue weighted by Gasteiger charge is -2.02. The van der Waals surface area contributed by atoms with Gasteiger partial charge in [0.2, 0.25) is 0 Å². The van der Waals surface area contributed by atoms with Crippen molar-refractivity contribution in [1.29, 1.82) is 0 Å². The van der Waals surface area contributed by atoms with E-state index >= 15 is 0 Å². The molecule has 0 aliphatic heterocycles. The van der Waals surface area contributed by atoms with Crippen LogP contribution in [0.4, 0.5) is 0 Å². The zero-order valence-corrected chi connectivity index (χ0v) is 8.73. The van der Waals surface area contributed by atoms with Crippen LogP contribution in [0.2, 0.25) is 0 Å². The Labute approximate surface area is 89.1 Å². The minimum atomic E-state index is -0.358. The summed E-state index contributed by atoms with van der Waals surface area (Å²) >= 11 is 0. The van der Waals surface area contributed by atoms with Gasteiger partial charge in [-0.25, -0.2) is 0 Å². The zero-order valence-electron chi connectivity index (χ0n) is 8.73. The molecule has 3 heteroatoms. The van der Waals surface area contributed by atoms with Gasteiger partial charge in [0.15, 0.2) is 0 Å². The van der Waals surface area contributed by atoms with Crippen LogP contribution >= 0.6 is 0 Å². The van der Waals surface area contributed by atoms with Crippen LogP contribution in [0.3, 0.4) is 0 Å². The second-order valence-electron chi connectivity index (χ2n) is 3.18. The van der Waals surface area contributed by atoms with Gasteiger partial charge in [0.05, 0.1) is 6.42 Å². The van der Waals surface area contributed by atoms with E-state index in [2.05, 4.69) is 0 Å². The Bertz CT molecular complexity index is 330. The quantitative estimate of drug-likeness (QED) is 0.548. The van der Waals surface area contributed by atoms with Crippen LogP contribution in [0.1, 0.15) is 26.2 Å². The SMILES string of the molecule is CCC(=O)CCC(=O)Oc1ccccc1. The van der Waals surface area contributed by atoms with Crippen molar-refractivity contribution >= 4 is 11.8 Å². The van der Waals surface area contributed by atoms with Crippen LogP contribution in [-0.2, 0) is 9.59 Å². The van der Waals surface area contributed by atoms with Gasteiger partial charge in [-0.3, -0.25) is 9.59 Å². The predicted octanol–water partition coefficient (Wildman–Crippen LogP) is 2.35. The second-order valence-corrected chi connectivity index (χ2v) is 3.18. The average molecular weight is 206 g/mol. The molecule has 80 valence electrons. The fourth-order valence-electron chi connectivity index (χ4n) is 1.09. The highest BCUT2D eigenvalue weighted by atomic mass is 16.5. The van der Waals surface area contributed by atoms with Crippen LogP contribution in [0.15, 0.2) is 30.3 Å². The Morgan fingerprint density at radius 2 is 1.80 bits per heavy atom. The lowest BCUT2D eigenvalue weighted by molar-refractivity contribution is -0.136. The van der Waals surface area contributed by atoms with Crippen LogP contribution in [-0.4, -0.2) is 11.8 Å². The molecule has 1 aromatic carbocycles. The first-order chi connectivity index (χ1) is 7.22. The smallest absolute Gasteiger partial charge is 0.311 e. The molecular weight excluding hydrogens is 192 g/mol. The number of rotatable bonds is 5. The second kappa shape index (κ2) is 5.96. The van der Waals surface area contributed by atoms with E-state index in [0.29, 0.717) is 12.2 Å². The molecule has 0 unspecified atom stereocenters. The Morgan fingerprint density at radius 1 is 1.13 bits per heavy atom. The molecule has 0 N–H and O–H groups in total. The van der Waals surface area contributed by atoms with E-state index in [0.717, 1.165) is 0 Å². The van der Waals surface area contributed by atoms with Crippen LogP contribution in [0.25, 0.3) is 0 Å². The molecule has 0 radical (unpaired) electrons. The Morgan fingerprint density at radius 3 is 2.40 bits per heavy atom. The summed E-state index contributed by atoms with van der Waals surface area (Å²) in [6, 6.07) is 8.84. The highest BCUT2D eigenvalue weighted by Crippen LogP contribution is 2.09. The Hall–Kier alpha value is -1.64. The Kier molecular flexibility index (Phi) is 4.54. The van der Waals surface area contributed by atoms with Gasteiger partial charge in [-0.1, -0.05) is 25.1 Å². The van der Waals surface area contributed by atoms with Gasteiger partial charge in [-0.15, -0.1) is 0 Å². The number of esters is 1. The van der Waals surface area contributed by atoms with E-state index < -0.39 is 0 Å². The molecule has 1 rings (SSSR count). The lowest BCUT2D eigenvalue weighted by atomic mass is 10.2. The fraction of sp³-hybridized carbons (Fsp3) is 0.333. The highest BCUT2D eigenvalue weighted by Gasteiger charge is 2.07. The van der Waals surface area contributed by atoms with Crippen molar-refractivity contribution < 1.29 is 14.3 Å². The van der Waals surface area contributed by atoms with Gasteiger partial charge in [0.1, 0.15) is 11.5 Å². The molecule has 0 atom stereocenters. The summed E-state index contributed by atoms with van der Waals surface area (Å²) in [7, 11) is 0. The summed E-state index contributed by atoms with van der Waals surface area (Å²) in [4.78, 5) is 22.2. The van der Waals surface area contributed by atoms with E-state index in [1.54, 1.807) is 31.2 Å². The molecule has 0 aliphatic carbocycles. The number of hydrogen-bond acceptors (Lipinski definition) is 3. The van der Waals surface area contributed by atoms with E-state index in [1.807, 2.05) is 6.07 Å². The first kappa shape index (κ1) is 11.4. The summed E-state index contributed by atoms with van der Waals surface area (Å²) in [6.45, 7) is 1.78. The van der Waals surface area contributed by atoms with Crippen molar-refractivity contribution in [3.8, 4) is 5.75 Å². The summed E-state index contributed by atoms with van der Waals surface area (Å²) in [6.07, 6.45) is 0.891. The number of ether oxygens (including phenoxy) is 1. The van der Waals surface area contributed by atoms with Gasteiger partial charge in [-0.2, -0.15) is 0 Å². The topological polar surface area (TPSA) is 43.4 Å². The molecule has 15 heavy (non-hydrogen) atoms. The van der Waals surface area contributed by atoms with Gasteiger partial charge in [0, 0.05) is 12.8 Å². The first-order valence-corrected chi connectivity index (χ1v) is 4.99. The maximum Gasteiger partial charge on any atom is 0.311 e. The fourth-order valence-corrected chi connectivity index (χ4v) is 1.09. The summed E-state index contributed by atoms with van der Waals surface area (Å²) in [5.74, 6) is 0.245. The molecule has 0 bridgehead atoms. The summed E-state index contributed by atoms with van der Waals surface area (Å²) in [5.41, 5.74) is 0. The third kappa shape index (κ3) is 4.40. The molecule has 0 heterocycles. The van der Waals surface area contributed by atoms with Gasteiger partial charge in [0.25, 0.3) is 0 Å². The average Bonchev–Trinajstić information content (AvgIpc) is 2.27. The lowest BCUT2D eigenvalue weighted by Crippen LogP contribution is -2.10. The molecule has 0 saturated heterocycles. The van der Waals surface area contributed by atoms with E-state index in [4.69, 9.17) is 4.74 Å². The van der Waals surface area contributed by atoms with Crippen molar-refractivity contribution in [3.63, 3.8) is 0 Å². The summed E-state index contributed by atoms with van der Waals surface area (Å²) < 4.78 is 5.02. The molecule has 0 aromatic heterocycles. The zero-order chi connectivity index (χ0) is 11.1. The molecule has 3 nitrogen and oxygen atoms in total. The molecule has 0 amide bonds. The van der Waals surface area contributed by atoms with Crippen molar-refractivity contribution in [3.05, 3.63) is 30.3 Å². The molecule has 0 fully saturated rings. The van der Waals surface area contributed by atoms with Crippen LogP contribution in [0, 0.1) is 0 Å². The maximum absolute atomic E-state index is 11.3. The van der Waals surface area contributed by atoms with Crippen molar-refractivity contribution in [2.45, 2.75) is 26.2 Å². The molecule has 1 aromatic rings. The molecular formula is C12H14O3. The largest absolute Gasteiger partial charge is 0.427 e. The predicted molar refractivity (Wildman–Crippen MR) is 56.6 cm³/mol. The van der Waals surface area contributed by atoms with Crippen molar-refractivity contribution in [2.75, 3.05) is 0 Å². The highest BCUT2D eigenvalue weighted by molar-refractivity contribution is 5.83. The first-order valence-electron chi connectivity index (χ1n) is 4.99. The van der Waals surface area contributed by atoms with Gasteiger partial charge >= 0.3 is 5.97 Å². The number of para-hydroxylation sites is 1. The van der Waals surface area contributed by atoms with Gasteiger partial charge in [-0.05, 0) is 12.1 Å². The number of hydrogen-bond donors (Lipinski definition) is 0. The summed E-state index contributed by atoms with van der Waals surface area (Å²) in [5, 5.41) is 0. The Balaban J connectivity index is 2.34. The number of ketones is 1. The van der Waals surface area contributed by atoms with Crippen molar-refractivity contribution in [2.24, 2.45) is 0 Å². The number of benzene rings is 1. The van der Waals surface area contributed by atoms with E-state index in [-0.39, 0.29) is 24.6 Å². The van der Waals surface area contributed by atoms with E-state index in [1.165, 1.54) is 0 Å². The number of carbonyl (C=O) groups excluding carboxylic acids is 2. The van der Waals surface area contributed by atoms with E-state index in [9.17, 15) is 9.59 Å². The van der Waals surface area contributed by atoms with Crippen molar-refractivity contribution in [1.82, 2.24) is 0 Å². The monoisotopic (exact) mass is 206 g/mol. The third-order valence-corrected chi connectivity index (χ3v) is 1.98. The minimum absolute atomic E-state index is 0.0833. The van der Waals surface area contributed by atoms with Gasteiger partial charge < -0.3 is 4.74 Å². The molecule has 0 saturated carbocycles. The molecule has 0 aliphatic rings.